The highest BCUT2D eigenvalue weighted by atomic mass is 16.2. The van der Waals surface area contributed by atoms with Gasteiger partial charge in [0.2, 0.25) is 5.91 Å². The second-order valence-electron chi connectivity index (χ2n) is 8.83. The van der Waals surface area contributed by atoms with Gasteiger partial charge in [-0.05, 0) is 61.1 Å². The number of carbonyl (C=O) groups excluding carboxylic acids is 3. The average molecular weight is 421 g/mol. The molecule has 2 aliphatic rings. The maximum absolute atomic E-state index is 13.1. The summed E-state index contributed by atoms with van der Waals surface area (Å²) in [6.45, 7) is 2.62. The molecule has 0 spiro atoms. The zero-order chi connectivity index (χ0) is 22.0. The van der Waals surface area contributed by atoms with Crippen LogP contribution >= 0.6 is 0 Å². The van der Waals surface area contributed by atoms with E-state index in [-0.39, 0.29) is 17.3 Å². The fourth-order valence-corrected chi connectivity index (χ4v) is 4.21. The van der Waals surface area contributed by atoms with Crippen LogP contribution in [-0.2, 0) is 16.0 Å². The van der Waals surface area contributed by atoms with E-state index < -0.39 is 17.7 Å². The molecule has 1 aromatic heterocycles. The summed E-state index contributed by atoms with van der Waals surface area (Å²) < 4.78 is 0. The maximum atomic E-state index is 13.1. The largest absolute Gasteiger partial charge is 0.366 e. The summed E-state index contributed by atoms with van der Waals surface area (Å²) in [5, 5.41) is 2.56. The zero-order valence-corrected chi connectivity index (χ0v) is 17.7. The molecule has 2 atom stereocenters. The third-order valence-corrected chi connectivity index (χ3v) is 6.14. The number of hydrogen-bond acceptors (Lipinski definition) is 4. The summed E-state index contributed by atoms with van der Waals surface area (Å²) in [5.41, 5.74) is 8.08. The lowest BCUT2D eigenvalue weighted by Crippen LogP contribution is -2.46. The number of nitrogens with two attached hydrogens (primary N) is 1. The van der Waals surface area contributed by atoms with Crippen LogP contribution < -0.4 is 11.1 Å². The number of amides is 3. The van der Waals surface area contributed by atoms with E-state index in [2.05, 4.69) is 41.5 Å². The maximum Gasteiger partial charge on any atom is 0.313 e. The van der Waals surface area contributed by atoms with E-state index in [9.17, 15) is 14.4 Å². The van der Waals surface area contributed by atoms with Crippen LogP contribution in [0.25, 0.3) is 0 Å². The number of pyridine rings is 1. The van der Waals surface area contributed by atoms with Gasteiger partial charge in [-0.1, -0.05) is 31.2 Å². The Morgan fingerprint density at radius 2 is 1.84 bits per heavy atom. The van der Waals surface area contributed by atoms with Gasteiger partial charge in [0.05, 0.1) is 23.5 Å². The summed E-state index contributed by atoms with van der Waals surface area (Å²) >= 11 is 0. The predicted molar refractivity (Wildman–Crippen MR) is 117 cm³/mol. The van der Waals surface area contributed by atoms with Gasteiger partial charge in [0.15, 0.2) is 0 Å². The lowest BCUT2D eigenvalue weighted by molar-refractivity contribution is -0.146. The molecule has 2 heterocycles. The van der Waals surface area contributed by atoms with Crippen LogP contribution in [-0.4, -0.2) is 34.2 Å². The number of benzene rings is 1. The van der Waals surface area contributed by atoms with Gasteiger partial charge in [0.25, 0.3) is 0 Å². The molecule has 1 aromatic carbocycles. The minimum atomic E-state index is -0.743. The molecule has 7 nitrogen and oxygen atoms in total. The summed E-state index contributed by atoms with van der Waals surface area (Å²) in [6.07, 6.45) is 8.27. The van der Waals surface area contributed by atoms with Crippen molar-refractivity contribution in [2.75, 3.05) is 11.9 Å². The van der Waals surface area contributed by atoms with Crippen LogP contribution in [0.15, 0.2) is 42.7 Å². The Morgan fingerprint density at radius 1 is 1.10 bits per heavy atom. The van der Waals surface area contributed by atoms with E-state index in [1.165, 1.54) is 36.9 Å². The Labute approximate surface area is 182 Å². The fraction of sp³-hybridized carbons (Fsp3) is 0.417. The Bertz CT molecular complexity index is 985. The molecule has 1 saturated carbocycles. The Morgan fingerprint density at radius 3 is 2.52 bits per heavy atom. The number of likely N-dealkylation sites (tertiary alicyclic amines) is 1. The van der Waals surface area contributed by atoms with Gasteiger partial charge in [-0.3, -0.25) is 19.4 Å². The van der Waals surface area contributed by atoms with Crippen molar-refractivity contribution in [3.8, 4) is 0 Å². The van der Waals surface area contributed by atoms with Crippen LogP contribution in [0.1, 0.15) is 60.1 Å². The predicted octanol–water partition coefficient (Wildman–Crippen LogP) is 3.07. The smallest absolute Gasteiger partial charge is 0.313 e. The summed E-state index contributed by atoms with van der Waals surface area (Å²) in [4.78, 5) is 42.7. The van der Waals surface area contributed by atoms with Gasteiger partial charge >= 0.3 is 11.8 Å². The Kier molecular flexibility index (Phi) is 6.02. The van der Waals surface area contributed by atoms with Crippen molar-refractivity contribution < 1.29 is 14.4 Å². The van der Waals surface area contributed by atoms with Crippen LogP contribution in [0.5, 0.6) is 0 Å². The molecular weight excluding hydrogens is 392 g/mol. The van der Waals surface area contributed by atoms with Gasteiger partial charge in [-0.15, -0.1) is 0 Å². The second kappa shape index (κ2) is 8.88. The minimum Gasteiger partial charge on any atom is -0.366 e. The number of anilines is 1. The first-order valence-corrected chi connectivity index (χ1v) is 10.9. The van der Waals surface area contributed by atoms with E-state index in [1.54, 1.807) is 4.90 Å². The number of piperidine rings is 1. The topological polar surface area (TPSA) is 105 Å². The molecule has 162 valence electrons. The SMILES string of the molecule is C[C@H]1CC[C@H](c2ccc(CC3CC3)cc2)N(C(=O)C(=O)Nc2cncc(C(N)=O)c2)C1. The van der Waals surface area contributed by atoms with Crippen molar-refractivity contribution in [2.45, 2.75) is 45.1 Å². The highest BCUT2D eigenvalue weighted by molar-refractivity contribution is 6.39. The van der Waals surface area contributed by atoms with Crippen LogP contribution in [0, 0.1) is 11.8 Å². The average Bonchev–Trinajstić information content (AvgIpc) is 3.58. The number of aromatic nitrogens is 1. The molecule has 0 bridgehead atoms. The molecule has 1 aliphatic carbocycles. The molecule has 3 amide bonds. The highest BCUT2D eigenvalue weighted by Crippen LogP contribution is 2.35. The van der Waals surface area contributed by atoms with E-state index >= 15 is 0 Å². The van der Waals surface area contributed by atoms with Gasteiger partial charge in [-0.2, -0.15) is 0 Å². The number of hydrogen-bond donors (Lipinski definition) is 2. The fourth-order valence-electron chi connectivity index (χ4n) is 4.21. The van der Waals surface area contributed by atoms with Crippen molar-refractivity contribution in [3.05, 3.63) is 59.4 Å². The van der Waals surface area contributed by atoms with Crippen molar-refractivity contribution in [1.82, 2.24) is 9.88 Å². The standard InChI is InChI=1S/C24H28N4O3/c1-15-2-9-21(18-7-5-17(6-8-18)10-16-3-4-16)28(14-15)24(31)23(30)27-20-11-19(22(25)29)12-26-13-20/h5-8,11-13,15-16,21H,2-4,9-10,14H2,1H3,(H2,25,29)(H,27,30)/t15-,21+/m0/s1. The van der Waals surface area contributed by atoms with Gasteiger partial charge in [0.1, 0.15) is 0 Å². The molecule has 3 N–H and O–H groups in total. The van der Waals surface area contributed by atoms with E-state index in [4.69, 9.17) is 5.73 Å². The molecule has 31 heavy (non-hydrogen) atoms. The summed E-state index contributed by atoms with van der Waals surface area (Å²) in [7, 11) is 0. The zero-order valence-electron chi connectivity index (χ0n) is 17.7. The molecule has 1 aliphatic heterocycles. The summed E-state index contributed by atoms with van der Waals surface area (Å²) in [5.74, 6) is -0.825. The van der Waals surface area contributed by atoms with Gasteiger partial charge < -0.3 is 16.0 Å². The minimum absolute atomic E-state index is 0.125. The first-order chi connectivity index (χ1) is 14.9. The Balaban J connectivity index is 1.48. The molecule has 2 fully saturated rings. The lowest BCUT2D eigenvalue weighted by Gasteiger charge is -2.38. The second-order valence-corrected chi connectivity index (χ2v) is 8.83. The van der Waals surface area contributed by atoms with E-state index in [1.807, 2.05) is 0 Å². The molecular formula is C24H28N4O3. The molecule has 7 heteroatoms. The number of primary amides is 1. The summed E-state index contributed by atoms with van der Waals surface area (Å²) in [6, 6.07) is 9.77. The monoisotopic (exact) mass is 420 g/mol. The van der Waals surface area contributed by atoms with E-state index in [0.29, 0.717) is 12.5 Å². The van der Waals surface area contributed by atoms with Crippen molar-refractivity contribution in [3.63, 3.8) is 0 Å². The number of carbonyl (C=O) groups is 3. The highest BCUT2D eigenvalue weighted by Gasteiger charge is 2.34. The number of nitrogens with zero attached hydrogens (tertiary/aromatic N) is 2. The Hall–Kier alpha value is -3.22. The van der Waals surface area contributed by atoms with Crippen LogP contribution in [0.4, 0.5) is 5.69 Å². The van der Waals surface area contributed by atoms with Gasteiger partial charge in [0, 0.05) is 12.7 Å². The van der Waals surface area contributed by atoms with Crippen molar-refractivity contribution >= 4 is 23.4 Å². The molecule has 4 rings (SSSR count). The molecule has 0 unspecified atom stereocenters. The third kappa shape index (κ3) is 5.10. The normalized spacial score (nSPS) is 20.9. The van der Waals surface area contributed by atoms with Crippen LogP contribution in [0.2, 0.25) is 0 Å². The van der Waals surface area contributed by atoms with Crippen LogP contribution in [0.3, 0.4) is 0 Å². The first kappa shape index (κ1) is 21.0. The molecule has 1 saturated heterocycles. The number of rotatable bonds is 5. The van der Waals surface area contributed by atoms with E-state index in [0.717, 1.165) is 30.7 Å². The molecule has 0 radical (unpaired) electrons. The lowest BCUT2D eigenvalue weighted by atomic mass is 9.89. The molecule has 2 aromatic rings. The third-order valence-electron chi connectivity index (χ3n) is 6.14. The van der Waals surface area contributed by atoms with Crippen molar-refractivity contribution in [1.29, 1.82) is 0 Å². The quantitative estimate of drug-likeness (QED) is 0.725. The first-order valence-electron chi connectivity index (χ1n) is 10.9. The van der Waals surface area contributed by atoms with Crippen molar-refractivity contribution in [2.24, 2.45) is 17.6 Å². The van der Waals surface area contributed by atoms with Gasteiger partial charge in [-0.25, -0.2) is 0 Å². The number of nitrogens with one attached hydrogen (secondary N) is 1.